The number of para-hydroxylation sites is 1. The normalized spacial score (nSPS) is 12.7. The zero-order chi connectivity index (χ0) is 19.0. The van der Waals surface area contributed by atoms with Crippen LogP contribution in [0.4, 0.5) is 5.69 Å². The van der Waals surface area contributed by atoms with Gasteiger partial charge in [-0.05, 0) is 50.1 Å². The lowest BCUT2D eigenvalue weighted by Gasteiger charge is -2.23. The van der Waals surface area contributed by atoms with Gasteiger partial charge in [-0.15, -0.1) is 0 Å². The first-order valence-electron chi connectivity index (χ1n) is 8.11. The quantitative estimate of drug-likeness (QED) is 0.786. The molecule has 1 heterocycles. The molecular weight excluding hydrogens is 334 g/mol. The van der Waals surface area contributed by atoms with Crippen LogP contribution in [0, 0.1) is 20.8 Å². The molecule has 134 valence electrons. The Bertz CT molecular complexity index is 959. The summed E-state index contributed by atoms with van der Waals surface area (Å²) in [6.45, 7) is 5.50. The van der Waals surface area contributed by atoms with E-state index in [1.807, 2.05) is 13.8 Å². The monoisotopic (exact) mass is 353 g/mol. The summed E-state index contributed by atoms with van der Waals surface area (Å²) in [5.74, 6) is -0.729. The largest absolute Gasteiger partial charge is 0.507 e. The van der Waals surface area contributed by atoms with Crippen LogP contribution in [-0.4, -0.2) is 28.7 Å². The minimum absolute atomic E-state index is 0.0128. The molecule has 3 rings (SSSR count). The third-order valence-corrected chi connectivity index (χ3v) is 4.65. The minimum atomic E-state index is -1.12. The molecule has 6 heteroatoms. The number of phenols is 1. The van der Waals surface area contributed by atoms with Crippen molar-refractivity contribution in [3.05, 3.63) is 57.7 Å². The number of amides is 1. The Labute approximate surface area is 150 Å². The second-order valence-electron chi connectivity index (χ2n) is 6.23. The average Bonchev–Trinajstić information content (AvgIpc) is 2.64. The van der Waals surface area contributed by atoms with Crippen molar-refractivity contribution in [3.63, 3.8) is 0 Å². The standard InChI is InChI=1S/C20H19NO5/c1-10-11(2)18-15(12(3)17(10)22)8-13(9-26-18)19(23)21-16-7-5-4-6-14(16)20(24)25/h4-8,22H,9H2,1-3H3,(H,21,23)(H,24,25). The van der Waals surface area contributed by atoms with E-state index in [0.717, 1.165) is 11.1 Å². The lowest BCUT2D eigenvalue weighted by molar-refractivity contribution is -0.113. The summed E-state index contributed by atoms with van der Waals surface area (Å²) in [6.07, 6.45) is 1.68. The summed E-state index contributed by atoms with van der Waals surface area (Å²) >= 11 is 0. The van der Waals surface area contributed by atoms with E-state index in [0.29, 0.717) is 22.4 Å². The van der Waals surface area contributed by atoms with E-state index in [-0.39, 0.29) is 23.6 Å². The molecule has 0 saturated heterocycles. The molecule has 0 aliphatic carbocycles. The van der Waals surface area contributed by atoms with Crippen LogP contribution in [0.1, 0.15) is 32.6 Å². The highest BCUT2D eigenvalue weighted by molar-refractivity contribution is 6.10. The SMILES string of the molecule is Cc1c(C)c2c(c(C)c1O)C=C(C(=O)Nc1ccccc1C(=O)O)CO2. The number of benzene rings is 2. The number of carboxylic acid groups (broad SMARTS) is 1. The van der Waals surface area contributed by atoms with E-state index in [4.69, 9.17) is 4.74 Å². The molecule has 0 saturated carbocycles. The maximum Gasteiger partial charge on any atom is 0.337 e. The van der Waals surface area contributed by atoms with Gasteiger partial charge in [0.05, 0.1) is 16.8 Å². The van der Waals surface area contributed by atoms with Gasteiger partial charge < -0.3 is 20.3 Å². The molecule has 1 amide bonds. The van der Waals surface area contributed by atoms with Gasteiger partial charge in [-0.1, -0.05) is 12.1 Å². The number of hydrogen-bond acceptors (Lipinski definition) is 4. The first-order chi connectivity index (χ1) is 12.3. The van der Waals surface area contributed by atoms with Gasteiger partial charge >= 0.3 is 5.97 Å². The van der Waals surface area contributed by atoms with Crippen molar-refractivity contribution < 1.29 is 24.5 Å². The molecule has 0 radical (unpaired) electrons. The number of phenolic OH excluding ortho intramolecular Hbond substituents is 1. The molecule has 0 spiro atoms. The number of carbonyl (C=O) groups is 2. The van der Waals surface area contributed by atoms with Crippen LogP contribution < -0.4 is 10.1 Å². The van der Waals surface area contributed by atoms with Crippen molar-refractivity contribution in [2.24, 2.45) is 0 Å². The number of nitrogens with one attached hydrogen (secondary N) is 1. The van der Waals surface area contributed by atoms with Crippen molar-refractivity contribution in [2.75, 3.05) is 11.9 Å². The number of carbonyl (C=O) groups excluding carboxylic acids is 1. The van der Waals surface area contributed by atoms with E-state index in [1.54, 1.807) is 25.1 Å². The molecule has 1 aliphatic heterocycles. The van der Waals surface area contributed by atoms with E-state index in [9.17, 15) is 19.8 Å². The highest BCUT2D eigenvalue weighted by Crippen LogP contribution is 2.40. The highest BCUT2D eigenvalue weighted by atomic mass is 16.5. The van der Waals surface area contributed by atoms with Gasteiger partial charge in [0.1, 0.15) is 18.1 Å². The van der Waals surface area contributed by atoms with Crippen LogP contribution in [0.2, 0.25) is 0 Å². The summed E-state index contributed by atoms with van der Waals surface area (Å²) in [5, 5.41) is 22.1. The summed E-state index contributed by atoms with van der Waals surface area (Å²) in [6, 6.07) is 6.20. The first kappa shape index (κ1) is 17.5. The van der Waals surface area contributed by atoms with Crippen LogP contribution in [0.5, 0.6) is 11.5 Å². The second kappa shape index (κ2) is 6.55. The summed E-state index contributed by atoms with van der Waals surface area (Å²) in [7, 11) is 0. The predicted octanol–water partition coefficient (Wildman–Crippen LogP) is 3.43. The maximum atomic E-state index is 12.6. The number of aromatic carboxylic acids is 1. The van der Waals surface area contributed by atoms with Gasteiger partial charge in [-0.3, -0.25) is 4.79 Å². The predicted molar refractivity (Wildman–Crippen MR) is 97.8 cm³/mol. The maximum absolute atomic E-state index is 12.6. The molecule has 26 heavy (non-hydrogen) atoms. The molecular formula is C20H19NO5. The Balaban J connectivity index is 1.96. The van der Waals surface area contributed by atoms with Crippen LogP contribution >= 0.6 is 0 Å². The van der Waals surface area contributed by atoms with Crippen molar-refractivity contribution in [1.29, 1.82) is 0 Å². The van der Waals surface area contributed by atoms with Crippen molar-refractivity contribution in [3.8, 4) is 11.5 Å². The lowest BCUT2D eigenvalue weighted by atomic mass is 9.94. The van der Waals surface area contributed by atoms with Crippen molar-refractivity contribution in [1.82, 2.24) is 0 Å². The Kier molecular flexibility index (Phi) is 4.42. The number of rotatable bonds is 3. The number of anilines is 1. The average molecular weight is 353 g/mol. The third kappa shape index (κ3) is 2.90. The van der Waals surface area contributed by atoms with E-state index in [1.165, 1.54) is 12.1 Å². The summed E-state index contributed by atoms with van der Waals surface area (Å²) in [4.78, 5) is 23.9. The fraction of sp³-hybridized carbons (Fsp3) is 0.200. The van der Waals surface area contributed by atoms with E-state index in [2.05, 4.69) is 5.32 Å². The fourth-order valence-corrected chi connectivity index (χ4v) is 2.97. The fourth-order valence-electron chi connectivity index (χ4n) is 2.97. The topological polar surface area (TPSA) is 95.9 Å². The van der Waals surface area contributed by atoms with Gasteiger partial charge in [0.15, 0.2) is 0 Å². The molecule has 1 aliphatic rings. The Morgan fingerprint density at radius 3 is 2.46 bits per heavy atom. The highest BCUT2D eigenvalue weighted by Gasteiger charge is 2.24. The van der Waals surface area contributed by atoms with Crippen LogP contribution in [0.3, 0.4) is 0 Å². The van der Waals surface area contributed by atoms with Gasteiger partial charge in [-0.2, -0.15) is 0 Å². The third-order valence-electron chi connectivity index (χ3n) is 4.65. The number of carboxylic acids is 1. The number of hydrogen-bond donors (Lipinski definition) is 3. The number of ether oxygens (including phenoxy) is 1. The molecule has 3 N–H and O–H groups in total. The van der Waals surface area contributed by atoms with Gasteiger partial charge in [0.25, 0.3) is 5.91 Å². The molecule has 2 aromatic rings. The minimum Gasteiger partial charge on any atom is -0.507 e. The summed E-state index contributed by atoms with van der Waals surface area (Å²) < 4.78 is 5.76. The van der Waals surface area contributed by atoms with Crippen LogP contribution in [-0.2, 0) is 4.79 Å². The molecule has 0 fully saturated rings. The molecule has 6 nitrogen and oxygen atoms in total. The van der Waals surface area contributed by atoms with Gasteiger partial charge in [0.2, 0.25) is 0 Å². The second-order valence-corrected chi connectivity index (χ2v) is 6.23. The van der Waals surface area contributed by atoms with Gasteiger partial charge in [-0.25, -0.2) is 4.79 Å². The molecule has 2 aromatic carbocycles. The first-order valence-corrected chi connectivity index (χ1v) is 8.11. The molecule has 0 bridgehead atoms. The van der Waals surface area contributed by atoms with E-state index >= 15 is 0 Å². The Morgan fingerprint density at radius 2 is 1.77 bits per heavy atom. The van der Waals surface area contributed by atoms with Crippen LogP contribution in [0.25, 0.3) is 6.08 Å². The number of fused-ring (bicyclic) bond motifs is 1. The van der Waals surface area contributed by atoms with Gasteiger partial charge in [0, 0.05) is 11.1 Å². The van der Waals surface area contributed by atoms with E-state index < -0.39 is 11.9 Å². The lowest BCUT2D eigenvalue weighted by Crippen LogP contribution is -2.23. The van der Waals surface area contributed by atoms with Crippen LogP contribution in [0.15, 0.2) is 29.8 Å². The molecule has 0 unspecified atom stereocenters. The Hall–Kier alpha value is -3.28. The Morgan fingerprint density at radius 1 is 1.08 bits per heavy atom. The molecule has 0 atom stereocenters. The van der Waals surface area contributed by atoms with Crippen molar-refractivity contribution in [2.45, 2.75) is 20.8 Å². The number of aromatic hydroxyl groups is 1. The zero-order valence-electron chi connectivity index (χ0n) is 14.7. The zero-order valence-corrected chi connectivity index (χ0v) is 14.7. The van der Waals surface area contributed by atoms with Crippen molar-refractivity contribution >= 4 is 23.6 Å². The summed E-state index contributed by atoms with van der Waals surface area (Å²) in [5.41, 5.74) is 3.46. The smallest absolute Gasteiger partial charge is 0.337 e. The molecule has 0 aromatic heterocycles.